The number of halogens is 3. The summed E-state index contributed by atoms with van der Waals surface area (Å²) in [5, 5.41) is 7.24. The second-order valence-corrected chi connectivity index (χ2v) is 3.04. The Morgan fingerprint density at radius 1 is 1.44 bits per heavy atom. The van der Waals surface area contributed by atoms with Crippen molar-refractivity contribution in [3.63, 3.8) is 0 Å². The van der Waals surface area contributed by atoms with Crippen LogP contribution in [0.4, 0.5) is 13.2 Å². The lowest BCUT2D eigenvalue weighted by Crippen LogP contribution is -2.18. The number of ether oxygens (including phenoxy) is 2. The summed E-state index contributed by atoms with van der Waals surface area (Å²) in [6.07, 6.45) is -2.90. The molecule has 0 aromatic carbocycles. The van der Waals surface area contributed by atoms with Gasteiger partial charge in [0.1, 0.15) is 19.5 Å². The van der Waals surface area contributed by atoms with Gasteiger partial charge in [-0.1, -0.05) is 0 Å². The molecule has 0 unspecified atom stereocenters. The minimum Gasteiger partial charge on any atom is -0.383 e. The van der Waals surface area contributed by atoms with Crippen LogP contribution in [-0.2, 0) is 22.6 Å². The Balaban J connectivity index is 2.38. The van der Waals surface area contributed by atoms with Gasteiger partial charge in [0.15, 0.2) is 5.82 Å². The molecule has 0 bridgehead atoms. The Morgan fingerprint density at radius 3 is 2.81 bits per heavy atom. The van der Waals surface area contributed by atoms with E-state index in [2.05, 4.69) is 14.9 Å². The summed E-state index contributed by atoms with van der Waals surface area (Å²) in [4.78, 5) is 0. The van der Waals surface area contributed by atoms with Crippen LogP contribution >= 0.6 is 0 Å². The number of methoxy groups -OCH3 is 1. The second kappa shape index (κ2) is 5.80. The van der Waals surface area contributed by atoms with E-state index in [0.29, 0.717) is 19.0 Å². The summed E-state index contributed by atoms with van der Waals surface area (Å²) in [5.74, 6) is 0.348. The molecular formula is C8H12F3N3O2. The zero-order chi connectivity index (χ0) is 12.0. The highest BCUT2D eigenvalue weighted by Crippen LogP contribution is 2.15. The summed E-state index contributed by atoms with van der Waals surface area (Å²) in [6.45, 7) is -0.591. The first-order chi connectivity index (χ1) is 7.53. The third-order valence-corrected chi connectivity index (χ3v) is 1.73. The predicted molar refractivity (Wildman–Crippen MR) is 47.6 cm³/mol. The van der Waals surface area contributed by atoms with Crippen molar-refractivity contribution in [3.8, 4) is 0 Å². The number of hydrogen-bond acceptors (Lipinski definition) is 4. The molecule has 0 atom stereocenters. The average molecular weight is 239 g/mol. The molecule has 0 radical (unpaired) electrons. The smallest absolute Gasteiger partial charge is 0.383 e. The van der Waals surface area contributed by atoms with Crippen LogP contribution in [-0.4, -0.2) is 41.3 Å². The van der Waals surface area contributed by atoms with Crippen LogP contribution in [0.1, 0.15) is 5.82 Å². The lowest BCUT2D eigenvalue weighted by molar-refractivity contribution is -0.177. The van der Waals surface area contributed by atoms with Crippen LogP contribution in [0, 0.1) is 0 Å². The van der Waals surface area contributed by atoms with Gasteiger partial charge in [0, 0.05) is 13.7 Å². The highest BCUT2D eigenvalue weighted by Gasteiger charge is 2.27. The summed E-state index contributed by atoms with van der Waals surface area (Å²) < 4.78 is 46.3. The summed E-state index contributed by atoms with van der Waals surface area (Å²) >= 11 is 0. The van der Waals surface area contributed by atoms with Crippen molar-refractivity contribution < 1.29 is 22.6 Å². The normalized spacial score (nSPS) is 12.0. The maximum absolute atomic E-state index is 11.8. The van der Waals surface area contributed by atoms with Crippen molar-refractivity contribution in [1.29, 1.82) is 0 Å². The fourth-order valence-corrected chi connectivity index (χ4v) is 1.03. The Bertz CT molecular complexity index is 314. The predicted octanol–water partition coefficient (Wildman–Crippen LogP) is 1.00. The van der Waals surface area contributed by atoms with E-state index >= 15 is 0 Å². The fraction of sp³-hybridized carbons (Fsp3) is 0.750. The van der Waals surface area contributed by atoms with E-state index in [1.807, 2.05) is 0 Å². The van der Waals surface area contributed by atoms with Crippen LogP contribution < -0.4 is 0 Å². The fourth-order valence-electron chi connectivity index (χ4n) is 1.03. The van der Waals surface area contributed by atoms with E-state index in [1.54, 1.807) is 4.57 Å². The Labute approximate surface area is 90.2 Å². The molecule has 1 heterocycles. The van der Waals surface area contributed by atoms with Crippen molar-refractivity contribution in [2.75, 3.05) is 20.3 Å². The van der Waals surface area contributed by atoms with Crippen LogP contribution in [0.3, 0.4) is 0 Å². The molecule has 0 fully saturated rings. The maximum Gasteiger partial charge on any atom is 0.411 e. The monoisotopic (exact) mass is 239 g/mol. The molecule has 1 aromatic heterocycles. The third kappa shape index (κ3) is 4.58. The van der Waals surface area contributed by atoms with Crippen LogP contribution in [0.15, 0.2) is 6.33 Å². The van der Waals surface area contributed by atoms with Gasteiger partial charge >= 0.3 is 6.18 Å². The molecule has 0 aliphatic heterocycles. The first-order valence-electron chi connectivity index (χ1n) is 4.53. The standard InChI is InChI=1S/C8H12F3N3O2/c1-15-3-2-14-6-12-13-7(14)4-16-5-8(9,10)11/h6H,2-5H2,1H3. The molecular weight excluding hydrogens is 227 g/mol. The quantitative estimate of drug-likeness (QED) is 0.743. The largest absolute Gasteiger partial charge is 0.411 e. The zero-order valence-electron chi connectivity index (χ0n) is 8.70. The van der Waals surface area contributed by atoms with Crippen molar-refractivity contribution >= 4 is 0 Å². The molecule has 16 heavy (non-hydrogen) atoms. The van der Waals surface area contributed by atoms with E-state index in [1.165, 1.54) is 13.4 Å². The molecule has 0 saturated carbocycles. The molecule has 92 valence electrons. The maximum atomic E-state index is 11.8. The Kier molecular flexibility index (Phi) is 4.69. The molecule has 5 nitrogen and oxygen atoms in total. The Hall–Kier alpha value is -1.15. The van der Waals surface area contributed by atoms with Gasteiger partial charge in [-0.25, -0.2) is 0 Å². The molecule has 0 amide bonds. The van der Waals surface area contributed by atoms with Crippen molar-refractivity contribution in [2.24, 2.45) is 0 Å². The van der Waals surface area contributed by atoms with Gasteiger partial charge < -0.3 is 14.0 Å². The number of hydrogen-bond donors (Lipinski definition) is 0. The topological polar surface area (TPSA) is 49.2 Å². The molecule has 0 saturated heterocycles. The van der Waals surface area contributed by atoms with Crippen molar-refractivity contribution in [2.45, 2.75) is 19.3 Å². The highest BCUT2D eigenvalue weighted by molar-refractivity contribution is 4.82. The molecule has 0 aliphatic carbocycles. The van der Waals surface area contributed by atoms with Crippen LogP contribution in [0.25, 0.3) is 0 Å². The van der Waals surface area contributed by atoms with Gasteiger partial charge in [-0.2, -0.15) is 13.2 Å². The lowest BCUT2D eigenvalue weighted by atomic mass is 10.5. The molecule has 0 aliphatic rings. The van der Waals surface area contributed by atoms with E-state index in [-0.39, 0.29) is 6.61 Å². The minimum atomic E-state index is -4.32. The lowest BCUT2D eigenvalue weighted by Gasteiger charge is -2.08. The second-order valence-electron chi connectivity index (χ2n) is 3.04. The van der Waals surface area contributed by atoms with Gasteiger partial charge in [0.25, 0.3) is 0 Å². The van der Waals surface area contributed by atoms with Gasteiger partial charge in [-0.3, -0.25) is 0 Å². The van der Waals surface area contributed by atoms with E-state index in [0.717, 1.165) is 0 Å². The number of rotatable bonds is 6. The van der Waals surface area contributed by atoms with Crippen LogP contribution in [0.5, 0.6) is 0 Å². The SMILES string of the molecule is COCCn1cnnc1COCC(F)(F)F. The molecule has 1 aromatic rings. The van der Waals surface area contributed by atoms with E-state index in [9.17, 15) is 13.2 Å². The summed E-state index contributed by atoms with van der Waals surface area (Å²) in [5.41, 5.74) is 0. The molecule has 0 N–H and O–H groups in total. The first-order valence-corrected chi connectivity index (χ1v) is 4.53. The third-order valence-electron chi connectivity index (χ3n) is 1.73. The Morgan fingerprint density at radius 2 is 2.19 bits per heavy atom. The number of alkyl halides is 3. The number of nitrogens with zero attached hydrogens (tertiary/aromatic N) is 3. The van der Waals surface area contributed by atoms with E-state index < -0.39 is 12.8 Å². The van der Waals surface area contributed by atoms with Gasteiger partial charge in [-0.15, -0.1) is 10.2 Å². The minimum absolute atomic E-state index is 0.219. The van der Waals surface area contributed by atoms with Crippen molar-refractivity contribution in [3.05, 3.63) is 12.2 Å². The first kappa shape index (κ1) is 12.9. The summed E-state index contributed by atoms with van der Waals surface area (Å²) in [6, 6.07) is 0. The highest BCUT2D eigenvalue weighted by atomic mass is 19.4. The number of aromatic nitrogens is 3. The van der Waals surface area contributed by atoms with Crippen molar-refractivity contribution in [1.82, 2.24) is 14.8 Å². The van der Waals surface area contributed by atoms with Gasteiger partial charge in [-0.05, 0) is 0 Å². The molecule has 0 spiro atoms. The molecule has 1 rings (SSSR count). The van der Waals surface area contributed by atoms with Crippen LogP contribution in [0.2, 0.25) is 0 Å². The molecule has 8 heteroatoms. The van der Waals surface area contributed by atoms with E-state index in [4.69, 9.17) is 4.74 Å². The van der Waals surface area contributed by atoms with Gasteiger partial charge in [0.2, 0.25) is 0 Å². The van der Waals surface area contributed by atoms with Gasteiger partial charge in [0.05, 0.1) is 6.61 Å². The average Bonchev–Trinajstić information content (AvgIpc) is 2.60. The zero-order valence-corrected chi connectivity index (χ0v) is 8.70. The summed E-state index contributed by atoms with van der Waals surface area (Å²) in [7, 11) is 1.53.